The first-order valence-electron chi connectivity index (χ1n) is 7.32. The fraction of sp³-hybridized carbons (Fsp3) is 0.438. The van der Waals surface area contributed by atoms with Crippen LogP contribution in [0.25, 0.3) is 0 Å². The van der Waals surface area contributed by atoms with Gasteiger partial charge in [0.2, 0.25) is 5.91 Å². The number of anilines is 1. The van der Waals surface area contributed by atoms with Crippen LogP contribution in [0.2, 0.25) is 0 Å². The largest absolute Gasteiger partial charge is 0.481 e. The zero-order valence-corrected chi connectivity index (χ0v) is 12.6. The van der Waals surface area contributed by atoms with Gasteiger partial charge in [-0.1, -0.05) is 19.4 Å². The molecule has 6 heteroatoms. The third-order valence-corrected chi connectivity index (χ3v) is 3.72. The van der Waals surface area contributed by atoms with Crippen LogP contribution < -0.4 is 5.32 Å². The van der Waals surface area contributed by atoms with Gasteiger partial charge in [-0.25, -0.2) is 4.79 Å². The Morgan fingerprint density at radius 1 is 1.41 bits per heavy atom. The Bertz CT molecular complexity index is 611. The van der Waals surface area contributed by atoms with Crippen molar-refractivity contribution in [3.63, 3.8) is 0 Å². The molecule has 0 saturated heterocycles. The molecule has 0 bridgehead atoms. The Kier molecular flexibility index (Phi) is 4.80. The summed E-state index contributed by atoms with van der Waals surface area (Å²) in [6, 6.07) is 4.95. The highest BCUT2D eigenvalue weighted by Crippen LogP contribution is 2.35. The van der Waals surface area contributed by atoms with Crippen molar-refractivity contribution in [3.05, 3.63) is 29.3 Å². The maximum atomic E-state index is 11.9. The molecule has 1 heterocycles. The molecule has 1 aliphatic heterocycles. The number of carboxylic acids is 1. The standard InChI is InChI=1S/C16H19NO5/c1-3-4-5-13-11-7-6-10(8-12(11)16(21)22-13)17-14(18)9(2)15(19)20/h6-9,13H,3-5H2,1-2H3,(H,17,18)(H,19,20). The van der Waals surface area contributed by atoms with Gasteiger partial charge in [-0.05, 0) is 31.9 Å². The van der Waals surface area contributed by atoms with E-state index in [2.05, 4.69) is 12.2 Å². The van der Waals surface area contributed by atoms with Gasteiger partial charge in [-0.2, -0.15) is 0 Å². The average Bonchev–Trinajstić information content (AvgIpc) is 2.80. The third-order valence-electron chi connectivity index (χ3n) is 3.72. The number of carbonyl (C=O) groups excluding carboxylic acids is 2. The SMILES string of the molecule is CCCCC1OC(=O)c2cc(NC(=O)C(C)C(=O)O)ccc21. The number of nitrogens with one attached hydrogen (secondary N) is 1. The number of unbranched alkanes of at least 4 members (excludes halogenated alkanes) is 1. The van der Waals surface area contributed by atoms with Crippen molar-refractivity contribution in [1.29, 1.82) is 0 Å². The van der Waals surface area contributed by atoms with Gasteiger partial charge in [0.25, 0.3) is 0 Å². The molecular formula is C16H19NO5. The minimum absolute atomic E-state index is 0.231. The summed E-state index contributed by atoms with van der Waals surface area (Å²) in [6.45, 7) is 3.38. The van der Waals surface area contributed by atoms with E-state index >= 15 is 0 Å². The molecule has 2 N–H and O–H groups in total. The maximum Gasteiger partial charge on any atom is 0.339 e. The topological polar surface area (TPSA) is 92.7 Å². The van der Waals surface area contributed by atoms with Crippen molar-refractivity contribution in [2.75, 3.05) is 5.32 Å². The van der Waals surface area contributed by atoms with E-state index in [1.165, 1.54) is 13.0 Å². The van der Waals surface area contributed by atoms with Gasteiger partial charge in [-0.3, -0.25) is 9.59 Å². The number of ether oxygens (including phenoxy) is 1. The second-order valence-corrected chi connectivity index (χ2v) is 5.39. The first-order chi connectivity index (χ1) is 10.4. The summed E-state index contributed by atoms with van der Waals surface area (Å²) in [6.07, 6.45) is 2.53. The summed E-state index contributed by atoms with van der Waals surface area (Å²) in [4.78, 5) is 34.4. The molecule has 2 rings (SSSR count). The van der Waals surface area contributed by atoms with E-state index in [0.29, 0.717) is 11.3 Å². The molecule has 1 aromatic carbocycles. The average molecular weight is 305 g/mol. The first-order valence-corrected chi connectivity index (χ1v) is 7.32. The number of aliphatic carboxylic acids is 1. The highest BCUT2D eigenvalue weighted by Gasteiger charge is 2.31. The number of rotatable bonds is 6. The maximum absolute atomic E-state index is 11.9. The lowest BCUT2D eigenvalue weighted by Crippen LogP contribution is -2.26. The molecule has 22 heavy (non-hydrogen) atoms. The van der Waals surface area contributed by atoms with Crippen LogP contribution in [0.3, 0.4) is 0 Å². The molecule has 0 radical (unpaired) electrons. The molecule has 0 fully saturated rings. The lowest BCUT2D eigenvalue weighted by molar-refractivity contribution is -0.144. The minimum atomic E-state index is -1.20. The quantitative estimate of drug-likeness (QED) is 0.622. The van der Waals surface area contributed by atoms with Gasteiger partial charge < -0.3 is 15.2 Å². The number of amides is 1. The van der Waals surface area contributed by atoms with Crippen molar-refractivity contribution >= 4 is 23.5 Å². The smallest absolute Gasteiger partial charge is 0.339 e. The summed E-state index contributed by atoms with van der Waals surface area (Å²) in [5.41, 5.74) is 1.65. The van der Waals surface area contributed by atoms with E-state index in [4.69, 9.17) is 9.84 Å². The van der Waals surface area contributed by atoms with Crippen molar-refractivity contribution in [2.45, 2.75) is 39.2 Å². The van der Waals surface area contributed by atoms with Crippen molar-refractivity contribution in [2.24, 2.45) is 5.92 Å². The van der Waals surface area contributed by atoms with Crippen molar-refractivity contribution in [3.8, 4) is 0 Å². The number of fused-ring (bicyclic) bond motifs is 1. The summed E-state index contributed by atoms with van der Waals surface area (Å²) >= 11 is 0. The molecular weight excluding hydrogens is 286 g/mol. The lowest BCUT2D eigenvalue weighted by atomic mass is 10.0. The van der Waals surface area contributed by atoms with Gasteiger partial charge in [0.15, 0.2) is 0 Å². The number of cyclic esters (lactones) is 1. The Morgan fingerprint density at radius 3 is 2.77 bits per heavy atom. The molecule has 0 spiro atoms. The molecule has 2 unspecified atom stereocenters. The Morgan fingerprint density at radius 2 is 2.14 bits per heavy atom. The number of esters is 1. The third kappa shape index (κ3) is 3.27. The van der Waals surface area contributed by atoms with Crippen LogP contribution >= 0.6 is 0 Å². The van der Waals surface area contributed by atoms with Crippen LogP contribution in [0.4, 0.5) is 5.69 Å². The van der Waals surface area contributed by atoms with Crippen LogP contribution in [0.5, 0.6) is 0 Å². The molecule has 6 nitrogen and oxygen atoms in total. The number of benzene rings is 1. The van der Waals surface area contributed by atoms with Gasteiger partial charge >= 0.3 is 11.9 Å². The zero-order chi connectivity index (χ0) is 16.3. The van der Waals surface area contributed by atoms with Crippen LogP contribution in [0.15, 0.2) is 18.2 Å². The molecule has 1 amide bonds. The summed E-state index contributed by atoms with van der Waals surface area (Å²) in [5, 5.41) is 11.3. The fourth-order valence-electron chi connectivity index (χ4n) is 2.31. The van der Waals surface area contributed by atoms with Gasteiger partial charge in [0, 0.05) is 11.3 Å². The number of hydrogen-bond acceptors (Lipinski definition) is 4. The van der Waals surface area contributed by atoms with E-state index < -0.39 is 23.8 Å². The van der Waals surface area contributed by atoms with Gasteiger partial charge in [0.1, 0.15) is 12.0 Å². The van der Waals surface area contributed by atoms with E-state index in [1.54, 1.807) is 12.1 Å². The summed E-state index contributed by atoms with van der Waals surface area (Å²) in [7, 11) is 0. The van der Waals surface area contributed by atoms with Crippen LogP contribution in [0, 0.1) is 5.92 Å². The Balaban J connectivity index is 2.15. The van der Waals surface area contributed by atoms with Crippen molar-refractivity contribution < 1.29 is 24.2 Å². The Labute approximate surface area is 128 Å². The van der Waals surface area contributed by atoms with Crippen molar-refractivity contribution in [1.82, 2.24) is 0 Å². The van der Waals surface area contributed by atoms with Crippen LogP contribution in [-0.4, -0.2) is 23.0 Å². The van der Waals surface area contributed by atoms with E-state index in [1.807, 2.05) is 0 Å². The monoisotopic (exact) mass is 305 g/mol. The van der Waals surface area contributed by atoms with Gasteiger partial charge in [0.05, 0.1) is 5.56 Å². The number of carboxylic acid groups (broad SMARTS) is 1. The molecule has 1 aromatic rings. The predicted octanol–water partition coefficient (Wildman–Crippen LogP) is 2.75. The fourth-order valence-corrected chi connectivity index (χ4v) is 2.31. The van der Waals surface area contributed by atoms with E-state index in [0.717, 1.165) is 24.8 Å². The summed E-state index contributed by atoms with van der Waals surface area (Å²) < 4.78 is 5.33. The van der Waals surface area contributed by atoms with E-state index in [-0.39, 0.29) is 6.10 Å². The minimum Gasteiger partial charge on any atom is -0.481 e. The normalized spacial score (nSPS) is 17.5. The molecule has 2 atom stereocenters. The Hall–Kier alpha value is -2.37. The second kappa shape index (κ2) is 6.60. The summed E-state index contributed by atoms with van der Waals surface area (Å²) in [5.74, 6) is -3.38. The number of carbonyl (C=O) groups is 3. The van der Waals surface area contributed by atoms with E-state index in [9.17, 15) is 14.4 Å². The number of hydrogen-bond donors (Lipinski definition) is 2. The highest BCUT2D eigenvalue weighted by atomic mass is 16.5. The highest BCUT2D eigenvalue weighted by molar-refractivity contribution is 6.04. The molecule has 0 saturated carbocycles. The van der Waals surface area contributed by atoms with Crippen LogP contribution in [-0.2, 0) is 14.3 Å². The lowest BCUT2D eigenvalue weighted by Gasteiger charge is -2.11. The van der Waals surface area contributed by atoms with Crippen LogP contribution in [0.1, 0.15) is 55.1 Å². The van der Waals surface area contributed by atoms with Gasteiger partial charge in [-0.15, -0.1) is 0 Å². The molecule has 118 valence electrons. The second-order valence-electron chi connectivity index (χ2n) is 5.39. The predicted molar refractivity (Wildman–Crippen MR) is 79.6 cm³/mol. The molecule has 0 aliphatic carbocycles. The molecule has 0 aromatic heterocycles. The zero-order valence-electron chi connectivity index (χ0n) is 12.6. The first kappa shape index (κ1) is 16.0. The molecule has 1 aliphatic rings.